The van der Waals surface area contributed by atoms with Gasteiger partial charge in [0.25, 0.3) is 0 Å². The Bertz CT molecular complexity index is 752. The van der Waals surface area contributed by atoms with E-state index in [9.17, 15) is 50.3 Å². The monoisotopic (exact) mass is 581 g/mol. The van der Waals surface area contributed by atoms with Crippen molar-refractivity contribution in [3.8, 4) is 0 Å². The van der Waals surface area contributed by atoms with Crippen molar-refractivity contribution in [3.63, 3.8) is 0 Å². The van der Waals surface area contributed by atoms with E-state index in [0.29, 0.717) is 13.0 Å². The number of ether oxygens (including phenoxy) is 4. The lowest BCUT2D eigenvalue weighted by molar-refractivity contribution is -0.315. The summed E-state index contributed by atoms with van der Waals surface area (Å²) in [6.07, 6.45) is -20.2. The Morgan fingerprint density at radius 2 is 1.53 bits per heavy atom. The van der Waals surface area contributed by atoms with Crippen molar-refractivity contribution in [2.75, 3.05) is 26.4 Å². The van der Waals surface area contributed by atoms with Crippen LogP contribution in [0.25, 0.3) is 0 Å². The van der Waals surface area contributed by atoms with E-state index in [1.54, 1.807) is 0 Å². The van der Waals surface area contributed by atoms with Gasteiger partial charge in [-0.1, -0.05) is 0 Å². The van der Waals surface area contributed by atoms with Gasteiger partial charge in [-0.25, -0.2) is 4.57 Å². The van der Waals surface area contributed by atoms with E-state index in [4.69, 9.17) is 33.7 Å². The van der Waals surface area contributed by atoms with Gasteiger partial charge in [0.15, 0.2) is 12.6 Å². The molecule has 0 radical (unpaired) electrons. The second-order valence-electron chi connectivity index (χ2n) is 9.13. The van der Waals surface area contributed by atoms with Crippen LogP contribution in [0.3, 0.4) is 0 Å². The molecular weight excluding hydrogens is 541 g/mol. The Balaban J connectivity index is 2.11. The van der Waals surface area contributed by atoms with Crippen molar-refractivity contribution in [1.29, 1.82) is 0 Å². The molecule has 0 amide bonds. The summed E-state index contributed by atoms with van der Waals surface area (Å²) in [5.74, 6) is 0. The molecular formula is C20H40NO16P. The van der Waals surface area contributed by atoms with Crippen molar-refractivity contribution in [2.45, 2.75) is 100.0 Å². The van der Waals surface area contributed by atoms with Gasteiger partial charge >= 0.3 is 7.82 Å². The number of hydrogen-bond acceptors (Lipinski definition) is 16. The molecule has 2 rings (SSSR count). The topological polar surface area (TPSA) is 281 Å². The second-order valence-corrected chi connectivity index (χ2v) is 10.5. The van der Waals surface area contributed by atoms with Gasteiger partial charge in [-0.15, -0.1) is 0 Å². The quantitative estimate of drug-likeness (QED) is 0.0680. The van der Waals surface area contributed by atoms with Crippen LogP contribution in [0.4, 0.5) is 0 Å². The summed E-state index contributed by atoms with van der Waals surface area (Å²) >= 11 is 0. The van der Waals surface area contributed by atoms with Crippen molar-refractivity contribution < 1.29 is 78.3 Å². The Kier molecular flexibility index (Phi) is 13.3. The molecule has 17 nitrogen and oxygen atoms in total. The maximum Gasteiger partial charge on any atom is 0.472 e. The Labute approximate surface area is 218 Å². The van der Waals surface area contributed by atoms with E-state index in [0.717, 1.165) is 0 Å². The van der Waals surface area contributed by atoms with Crippen molar-refractivity contribution >= 4 is 7.82 Å². The molecule has 226 valence electrons. The highest BCUT2D eigenvalue weighted by Crippen LogP contribution is 2.47. The zero-order valence-electron chi connectivity index (χ0n) is 20.9. The number of hydrogen-bond donors (Lipinski definition) is 10. The van der Waals surface area contributed by atoms with Gasteiger partial charge in [0, 0.05) is 0 Å². The molecule has 1 unspecified atom stereocenters. The van der Waals surface area contributed by atoms with Crippen molar-refractivity contribution in [3.05, 3.63) is 0 Å². The summed E-state index contributed by atoms with van der Waals surface area (Å²) in [7, 11) is -5.13. The summed E-state index contributed by atoms with van der Waals surface area (Å²) in [5.41, 5.74) is 5.39. The Morgan fingerprint density at radius 3 is 2.13 bits per heavy atom. The third kappa shape index (κ3) is 8.79. The van der Waals surface area contributed by atoms with E-state index in [1.807, 2.05) is 0 Å². The average Bonchev–Trinajstić information content (AvgIpc) is 2.88. The number of aliphatic hydroxyl groups is 8. The molecule has 11 N–H and O–H groups in total. The maximum atomic E-state index is 12.7. The van der Waals surface area contributed by atoms with E-state index in [-0.39, 0.29) is 6.61 Å². The van der Waals surface area contributed by atoms with Crippen LogP contribution in [0, 0.1) is 0 Å². The molecule has 0 aromatic heterocycles. The molecule has 2 saturated heterocycles. The Morgan fingerprint density at radius 1 is 0.921 bits per heavy atom. The zero-order chi connectivity index (χ0) is 28.8. The second kappa shape index (κ2) is 15.0. The van der Waals surface area contributed by atoms with E-state index in [2.05, 4.69) is 0 Å². The zero-order valence-corrected chi connectivity index (χ0v) is 21.8. The van der Waals surface area contributed by atoms with E-state index in [1.165, 1.54) is 13.8 Å². The molecule has 2 aliphatic rings. The van der Waals surface area contributed by atoms with Gasteiger partial charge in [0.05, 0.1) is 32.0 Å². The number of aliphatic hydroxyl groups excluding tert-OH is 8. The predicted octanol–water partition coefficient (Wildman–Crippen LogP) is -4.75. The number of rotatable bonds is 14. The molecule has 0 spiro atoms. The molecule has 2 fully saturated rings. The molecule has 0 aliphatic carbocycles. The van der Waals surface area contributed by atoms with Gasteiger partial charge in [0.2, 0.25) is 0 Å². The average molecular weight is 582 g/mol. The van der Waals surface area contributed by atoms with Crippen LogP contribution >= 0.6 is 7.82 Å². The predicted molar refractivity (Wildman–Crippen MR) is 123 cm³/mol. The number of phosphoric acid groups is 1. The molecule has 14 atom stereocenters. The van der Waals surface area contributed by atoms with Crippen LogP contribution in [-0.4, -0.2) is 152 Å². The van der Waals surface area contributed by atoms with Crippen LogP contribution in [0.5, 0.6) is 0 Å². The van der Waals surface area contributed by atoms with Crippen molar-refractivity contribution in [1.82, 2.24) is 0 Å². The van der Waals surface area contributed by atoms with Gasteiger partial charge in [-0.2, -0.15) is 0 Å². The van der Waals surface area contributed by atoms with Crippen LogP contribution < -0.4 is 5.73 Å². The first-order valence-electron chi connectivity index (χ1n) is 12.0. The largest absolute Gasteiger partial charge is 0.472 e. The standard InChI is InChI=1S/C20H40NO16P/c1-8-12(24)15(27)16(28)20(35-8)36-11(14(26)10(23)6-22)7-33-38(30,31)37-18-13(25)9(2)34-19(17(18)29)32-5-3-4-21/h8-20,22-29H,3-7,21H2,1-2H3,(H,30,31)/t8-,9-,10-,11+,12-,13-,14+,15+,16+,17+,18+,19-,20-/m0/s1. The van der Waals surface area contributed by atoms with Crippen LogP contribution in [-0.2, 0) is 32.6 Å². The highest BCUT2D eigenvalue weighted by atomic mass is 31.2. The third-order valence-corrected chi connectivity index (χ3v) is 7.13. The molecule has 0 saturated carbocycles. The lowest BCUT2D eigenvalue weighted by Crippen LogP contribution is -2.59. The summed E-state index contributed by atoms with van der Waals surface area (Å²) in [5, 5.41) is 80.2. The molecule has 0 aromatic rings. The maximum absolute atomic E-state index is 12.7. The molecule has 18 heteroatoms. The first kappa shape index (κ1) is 33.8. The summed E-state index contributed by atoms with van der Waals surface area (Å²) < 4.78 is 43.9. The lowest BCUT2D eigenvalue weighted by Gasteiger charge is -2.42. The minimum absolute atomic E-state index is 0.0879. The Hall–Kier alpha value is -0.410. The molecule has 0 aromatic carbocycles. The van der Waals surface area contributed by atoms with Crippen LogP contribution in [0.2, 0.25) is 0 Å². The number of nitrogens with two attached hydrogens (primary N) is 1. The molecule has 2 heterocycles. The summed E-state index contributed by atoms with van der Waals surface area (Å²) in [6.45, 7) is 1.19. The van der Waals surface area contributed by atoms with E-state index >= 15 is 0 Å². The molecule has 0 bridgehead atoms. The van der Waals surface area contributed by atoms with E-state index < -0.39 is 101 Å². The van der Waals surface area contributed by atoms with Gasteiger partial charge < -0.3 is 70.4 Å². The first-order chi connectivity index (χ1) is 17.7. The summed E-state index contributed by atoms with van der Waals surface area (Å²) in [4.78, 5) is 10.3. The smallest absolute Gasteiger partial charge is 0.394 e. The third-order valence-electron chi connectivity index (χ3n) is 6.15. The highest BCUT2D eigenvalue weighted by Gasteiger charge is 2.48. The minimum Gasteiger partial charge on any atom is -0.394 e. The SMILES string of the molecule is C[C@@H]1O[C@@H](O[C@H](COP(=O)(O)O[C@@H]2[C@@H](O)[C@H](C)O[C@H](OCCCN)[C@@H]2O)[C@H](O)[C@@H](O)CO)[C@H](O)[C@H](O)[C@H]1O. The number of phosphoric ester groups is 1. The fourth-order valence-electron chi connectivity index (χ4n) is 3.77. The minimum atomic E-state index is -5.13. The van der Waals surface area contributed by atoms with Gasteiger partial charge in [-0.05, 0) is 26.8 Å². The molecule has 38 heavy (non-hydrogen) atoms. The van der Waals surface area contributed by atoms with Crippen LogP contribution in [0.1, 0.15) is 20.3 Å². The first-order valence-corrected chi connectivity index (χ1v) is 13.5. The lowest BCUT2D eigenvalue weighted by atomic mass is 10.00. The fourth-order valence-corrected chi connectivity index (χ4v) is 4.72. The van der Waals surface area contributed by atoms with Gasteiger partial charge in [-0.3, -0.25) is 9.05 Å². The molecule has 2 aliphatic heterocycles. The van der Waals surface area contributed by atoms with Crippen molar-refractivity contribution in [2.24, 2.45) is 5.73 Å². The fraction of sp³-hybridized carbons (Fsp3) is 1.00. The normalized spacial score (nSPS) is 40.3. The highest BCUT2D eigenvalue weighted by molar-refractivity contribution is 7.47. The van der Waals surface area contributed by atoms with Crippen LogP contribution in [0.15, 0.2) is 0 Å². The van der Waals surface area contributed by atoms with Gasteiger partial charge in [0.1, 0.15) is 54.9 Å². The summed E-state index contributed by atoms with van der Waals surface area (Å²) in [6, 6.07) is 0.